The minimum absolute atomic E-state index is 0.183. The van der Waals surface area contributed by atoms with Gasteiger partial charge in [0.05, 0.1) is 26.7 Å². The van der Waals surface area contributed by atoms with Gasteiger partial charge in [-0.1, -0.05) is 38.0 Å². The Bertz CT molecular complexity index is 1130. The van der Waals surface area contributed by atoms with E-state index in [4.69, 9.17) is 14.2 Å². The predicted octanol–water partition coefficient (Wildman–Crippen LogP) is 3.54. The maximum atomic E-state index is 13.1. The Labute approximate surface area is 187 Å². The molecule has 1 aromatic heterocycles. The smallest absolute Gasteiger partial charge is 0.274 e. The number of methoxy groups -OCH3 is 3. The first kappa shape index (κ1) is 23.1. The van der Waals surface area contributed by atoms with Crippen molar-refractivity contribution in [1.82, 2.24) is 15.1 Å². The van der Waals surface area contributed by atoms with Gasteiger partial charge in [-0.25, -0.2) is 4.68 Å². The second kappa shape index (κ2) is 10.7. The van der Waals surface area contributed by atoms with E-state index in [0.717, 1.165) is 24.8 Å². The number of rotatable bonds is 10. The summed E-state index contributed by atoms with van der Waals surface area (Å²) in [6.45, 7) is 2.80. The van der Waals surface area contributed by atoms with Gasteiger partial charge in [0.1, 0.15) is 0 Å². The van der Waals surface area contributed by atoms with E-state index in [-0.39, 0.29) is 23.7 Å². The molecule has 1 amide bonds. The number of aromatic nitrogens is 2. The SMILES string of the molecule is CCCCCn1nc(C(=O)NCc2cc(OC)c(OC)c(OC)c2)c2ccccc2c1=O. The average molecular weight is 440 g/mol. The summed E-state index contributed by atoms with van der Waals surface area (Å²) in [4.78, 5) is 25.9. The third kappa shape index (κ3) is 4.85. The first-order chi connectivity index (χ1) is 15.5. The predicted molar refractivity (Wildman–Crippen MR) is 123 cm³/mol. The van der Waals surface area contributed by atoms with Crippen molar-refractivity contribution >= 4 is 16.7 Å². The second-order valence-electron chi connectivity index (χ2n) is 7.35. The van der Waals surface area contributed by atoms with E-state index in [2.05, 4.69) is 17.3 Å². The largest absolute Gasteiger partial charge is 0.493 e. The molecule has 2 aromatic carbocycles. The molecular formula is C24H29N3O5. The topological polar surface area (TPSA) is 91.7 Å². The molecule has 0 aliphatic carbocycles. The van der Waals surface area contributed by atoms with Crippen molar-refractivity contribution in [2.75, 3.05) is 21.3 Å². The Morgan fingerprint density at radius 2 is 1.66 bits per heavy atom. The first-order valence-electron chi connectivity index (χ1n) is 10.6. The number of hydrogen-bond donors (Lipinski definition) is 1. The number of carbonyl (C=O) groups is 1. The summed E-state index contributed by atoms with van der Waals surface area (Å²) in [7, 11) is 4.61. The van der Waals surface area contributed by atoms with Gasteiger partial charge >= 0.3 is 0 Å². The highest BCUT2D eigenvalue weighted by Gasteiger charge is 2.18. The Kier molecular flexibility index (Phi) is 7.70. The van der Waals surface area contributed by atoms with Crippen molar-refractivity contribution in [1.29, 1.82) is 0 Å². The zero-order valence-electron chi connectivity index (χ0n) is 18.9. The van der Waals surface area contributed by atoms with Crippen LogP contribution in [0.5, 0.6) is 17.2 Å². The van der Waals surface area contributed by atoms with Gasteiger partial charge in [0, 0.05) is 18.5 Å². The monoisotopic (exact) mass is 439 g/mol. The first-order valence-corrected chi connectivity index (χ1v) is 10.6. The van der Waals surface area contributed by atoms with Crippen LogP contribution in [0.3, 0.4) is 0 Å². The van der Waals surface area contributed by atoms with E-state index < -0.39 is 0 Å². The van der Waals surface area contributed by atoms with Crippen LogP contribution < -0.4 is 25.1 Å². The van der Waals surface area contributed by atoms with Gasteiger partial charge in [-0.2, -0.15) is 5.10 Å². The fourth-order valence-corrected chi connectivity index (χ4v) is 3.57. The summed E-state index contributed by atoms with van der Waals surface area (Å²) < 4.78 is 17.5. The summed E-state index contributed by atoms with van der Waals surface area (Å²) in [5, 5.41) is 8.31. The van der Waals surface area contributed by atoms with Gasteiger partial charge in [0.15, 0.2) is 17.2 Å². The Balaban J connectivity index is 1.90. The quantitative estimate of drug-likeness (QED) is 0.486. The number of aryl methyl sites for hydroxylation is 1. The van der Waals surface area contributed by atoms with Crippen LogP contribution in [0.2, 0.25) is 0 Å². The van der Waals surface area contributed by atoms with Crippen molar-refractivity contribution in [3.05, 3.63) is 58.0 Å². The molecule has 1 heterocycles. The summed E-state index contributed by atoms with van der Waals surface area (Å²) in [5.74, 6) is 1.13. The molecule has 3 aromatic rings. The Morgan fingerprint density at radius 3 is 2.25 bits per heavy atom. The summed E-state index contributed by atoms with van der Waals surface area (Å²) in [5.41, 5.74) is 0.815. The zero-order chi connectivity index (χ0) is 23.1. The third-order valence-corrected chi connectivity index (χ3v) is 5.23. The molecular weight excluding hydrogens is 410 g/mol. The van der Waals surface area contributed by atoms with Gasteiger partial charge < -0.3 is 19.5 Å². The fraction of sp³-hybridized carbons (Fsp3) is 0.375. The van der Waals surface area contributed by atoms with Crippen molar-refractivity contribution in [3.63, 3.8) is 0 Å². The third-order valence-electron chi connectivity index (χ3n) is 5.23. The summed E-state index contributed by atoms with van der Waals surface area (Å²) in [6.07, 6.45) is 2.85. The molecule has 0 saturated heterocycles. The van der Waals surface area contributed by atoms with Gasteiger partial charge in [-0.05, 0) is 30.2 Å². The number of carbonyl (C=O) groups excluding carboxylic acids is 1. The number of hydrogen-bond acceptors (Lipinski definition) is 6. The van der Waals surface area contributed by atoms with Crippen molar-refractivity contribution in [2.24, 2.45) is 0 Å². The lowest BCUT2D eigenvalue weighted by Crippen LogP contribution is -2.30. The molecule has 0 saturated carbocycles. The van der Waals surface area contributed by atoms with Gasteiger partial charge in [-0.15, -0.1) is 0 Å². The second-order valence-corrected chi connectivity index (χ2v) is 7.35. The number of benzene rings is 2. The van der Waals surface area contributed by atoms with Crippen LogP contribution in [-0.2, 0) is 13.1 Å². The van der Waals surface area contributed by atoms with Crippen LogP contribution >= 0.6 is 0 Å². The van der Waals surface area contributed by atoms with E-state index in [0.29, 0.717) is 34.6 Å². The molecule has 0 radical (unpaired) electrons. The summed E-state index contributed by atoms with van der Waals surface area (Å²) in [6, 6.07) is 10.6. The molecule has 3 rings (SSSR count). The van der Waals surface area contributed by atoms with E-state index in [1.165, 1.54) is 26.0 Å². The van der Waals surface area contributed by atoms with Crippen LogP contribution in [-0.4, -0.2) is 37.0 Å². The van der Waals surface area contributed by atoms with Crippen molar-refractivity contribution < 1.29 is 19.0 Å². The lowest BCUT2D eigenvalue weighted by molar-refractivity contribution is 0.0945. The van der Waals surface area contributed by atoms with Crippen LogP contribution in [0.25, 0.3) is 10.8 Å². The number of nitrogens with one attached hydrogen (secondary N) is 1. The Hall–Kier alpha value is -3.55. The molecule has 0 aliphatic rings. The van der Waals surface area contributed by atoms with Crippen LogP contribution in [0.1, 0.15) is 42.2 Å². The molecule has 32 heavy (non-hydrogen) atoms. The van der Waals surface area contributed by atoms with Gasteiger partial charge in [-0.3, -0.25) is 9.59 Å². The number of ether oxygens (including phenoxy) is 3. The standard InChI is InChI=1S/C24H29N3O5/c1-5-6-9-12-27-24(29)18-11-8-7-10-17(18)21(26-27)23(28)25-15-16-13-19(30-2)22(32-4)20(14-16)31-3/h7-8,10-11,13-14H,5-6,9,12,15H2,1-4H3,(H,25,28). The normalized spacial score (nSPS) is 10.8. The fourth-order valence-electron chi connectivity index (χ4n) is 3.57. The minimum atomic E-state index is -0.362. The maximum Gasteiger partial charge on any atom is 0.274 e. The molecule has 0 bridgehead atoms. The highest BCUT2D eigenvalue weighted by atomic mass is 16.5. The van der Waals surface area contributed by atoms with E-state index >= 15 is 0 Å². The Morgan fingerprint density at radius 1 is 1.00 bits per heavy atom. The van der Waals surface area contributed by atoms with E-state index in [1.54, 1.807) is 36.4 Å². The average Bonchev–Trinajstić information content (AvgIpc) is 2.83. The van der Waals surface area contributed by atoms with Crippen LogP contribution in [0, 0.1) is 0 Å². The zero-order valence-corrected chi connectivity index (χ0v) is 18.9. The minimum Gasteiger partial charge on any atom is -0.493 e. The van der Waals surface area contributed by atoms with Crippen LogP contribution in [0.15, 0.2) is 41.2 Å². The number of fused-ring (bicyclic) bond motifs is 1. The van der Waals surface area contributed by atoms with Gasteiger partial charge in [0.2, 0.25) is 5.75 Å². The molecule has 1 N–H and O–H groups in total. The lowest BCUT2D eigenvalue weighted by atomic mass is 10.1. The molecule has 8 nitrogen and oxygen atoms in total. The molecule has 0 unspecified atom stereocenters. The highest BCUT2D eigenvalue weighted by Crippen LogP contribution is 2.38. The lowest BCUT2D eigenvalue weighted by Gasteiger charge is -2.15. The van der Waals surface area contributed by atoms with E-state index in [1.807, 2.05) is 0 Å². The number of nitrogens with zero attached hydrogens (tertiary/aromatic N) is 2. The molecule has 0 aliphatic heterocycles. The molecule has 0 atom stereocenters. The van der Waals surface area contributed by atoms with Gasteiger partial charge in [0.25, 0.3) is 11.5 Å². The highest BCUT2D eigenvalue weighted by molar-refractivity contribution is 6.04. The number of unbranched alkanes of at least 4 members (excludes halogenated alkanes) is 2. The van der Waals surface area contributed by atoms with Crippen molar-refractivity contribution in [3.8, 4) is 17.2 Å². The molecule has 0 spiro atoms. The van der Waals surface area contributed by atoms with Crippen molar-refractivity contribution in [2.45, 2.75) is 39.3 Å². The molecule has 0 fully saturated rings. The number of amides is 1. The molecule has 8 heteroatoms. The van der Waals surface area contributed by atoms with Crippen LogP contribution in [0.4, 0.5) is 0 Å². The maximum absolute atomic E-state index is 13.1. The molecule has 170 valence electrons. The van der Waals surface area contributed by atoms with E-state index in [9.17, 15) is 9.59 Å². The summed E-state index contributed by atoms with van der Waals surface area (Å²) >= 11 is 0.